The molecule has 2 aromatic rings. The average molecular weight is 453 g/mol. The van der Waals surface area contributed by atoms with Crippen LogP contribution in [0.15, 0.2) is 60.7 Å². The molecule has 0 aromatic heterocycles. The Morgan fingerprint density at radius 3 is 2.09 bits per heavy atom. The Morgan fingerprint density at radius 2 is 1.48 bits per heavy atom. The Balaban J connectivity index is 1.69. The molecule has 0 bridgehead atoms. The molecular formula is C26H32N2O5. The number of carbonyl (C=O) groups excluding carboxylic acids is 3. The zero-order valence-corrected chi connectivity index (χ0v) is 19.0. The van der Waals surface area contributed by atoms with Gasteiger partial charge in [-0.15, -0.1) is 0 Å². The number of ether oxygens (including phenoxy) is 2. The second kappa shape index (κ2) is 12.6. The molecule has 2 amide bonds. The summed E-state index contributed by atoms with van der Waals surface area (Å²) in [7, 11) is 1.32. The highest BCUT2D eigenvalue weighted by Gasteiger charge is 2.34. The minimum atomic E-state index is -0.897. The van der Waals surface area contributed by atoms with E-state index in [4.69, 9.17) is 9.47 Å². The Labute approximate surface area is 194 Å². The predicted molar refractivity (Wildman–Crippen MR) is 124 cm³/mol. The van der Waals surface area contributed by atoms with E-state index in [1.807, 2.05) is 60.7 Å². The third-order valence-electron chi connectivity index (χ3n) is 5.98. The third-order valence-corrected chi connectivity index (χ3v) is 5.98. The minimum absolute atomic E-state index is 0.0255. The SMILES string of the molecule is COC(=O)[C@H](NC(=O)[C@H](Cc1ccccc1)NC(=O)OCc1ccccc1)C1CCCCC1. The van der Waals surface area contributed by atoms with Crippen LogP contribution < -0.4 is 10.6 Å². The Hall–Kier alpha value is -3.35. The number of carbonyl (C=O) groups is 3. The van der Waals surface area contributed by atoms with E-state index < -0.39 is 30.1 Å². The van der Waals surface area contributed by atoms with Crippen molar-refractivity contribution in [3.05, 3.63) is 71.8 Å². The maximum atomic E-state index is 13.2. The van der Waals surface area contributed by atoms with Crippen LogP contribution >= 0.6 is 0 Å². The number of nitrogens with one attached hydrogen (secondary N) is 2. The molecular weight excluding hydrogens is 420 g/mol. The van der Waals surface area contributed by atoms with Crippen molar-refractivity contribution in [2.75, 3.05) is 7.11 Å². The number of hydrogen-bond acceptors (Lipinski definition) is 5. The minimum Gasteiger partial charge on any atom is -0.467 e. The third kappa shape index (κ3) is 7.63. The molecule has 0 spiro atoms. The van der Waals surface area contributed by atoms with Crippen molar-refractivity contribution in [1.82, 2.24) is 10.6 Å². The summed E-state index contributed by atoms with van der Waals surface area (Å²) in [4.78, 5) is 38.2. The lowest BCUT2D eigenvalue weighted by Crippen LogP contribution is -2.55. The van der Waals surface area contributed by atoms with Crippen molar-refractivity contribution in [3.63, 3.8) is 0 Å². The summed E-state index contributed by atoms with van der Waals surface area (Å²) in [5.41, 5.74) is 1.73. The van der Waals surface area contributed by atoms with Gasteiger partial charge in [0.2, 0.25) is 5.91 Å². The van der Waals surface area contributed by atoms with E-state index in [0.717, 1.165) is 43.2 Å². The fraction of sp³-hybridized carbons (Fsp3) is 0.423. The van der Waals surface area contributed by atoms with E-state index in [2.05, 4.69) is 10.6 Å². The smallest absolute Gasteiger partial charge is 0.408 e. The monoisotopic (exact) mass is 452 g/mol. The van der Waals surface area contributed by atoms with Crippen LogP contribution in [0.25, 0.3) is 0 Å². The normalized spacial score (nSPS) is 15.7. The largest absolute Gasteiger partial charge is 0.467 e. The van der Waals surface area contributed by atoms with Crippen molar-refractivity contribution in [1.29, 1.82) is 0 Å². The molecule has 2 atom stereocenters. The van der Waals surface area contributed by atoms with Crippen molar-refractivity contribution in [2.45, 2.75) is 57.2 Å². The standard InChI is InChI=1S/C26H32N2O5/c1-32-25(30)23(21-15-9-4-10-16-21)28-24(29)22(17-19-11-5-2-6-12-19)27-26(31)33-18-20-13-7-3-8-14-20/h2-3,5-8,11-14,21-23H,4,9-10,15-18H2,1H3,(H,27,31)(H,28,29)/t22-,23+/m0/s1. The van der Waals surface area contributed by atoms with Gasteiger partial charge in [-0.2, -0.15) is 0 Å². The van der Waals surface area contributed by atoms with E-state index in [-0.39, 0.29) is 18.9 Å². The molecule has 2 N–H and O–H groups in total. The first-order valence-corrected chi connectivity index (χ1v) is 11.5. The van der Waals surface area contributed by atoms with Crippen LogP contribution in [0.4, 0.5) is 4.79 Å². The van der Waals surface area contributed by atoms with Crippen molar-refractivity contribution in [2.24, 2.45) is 5.92 Å². The summed E-state index contributed by atoms with van der Waals surface area (Å²) in [6.45, 7) is 0.0964. The zero-order valence-electron chi connectivity index (χ0n) is 19.0. The zero-order chi connectivity index (χ0) is 23.5. The fourth-order valence-electron chi connectivity index (χ4n) is 4.18. The lowest BCUT2D eigenvalue weighted by Gasteiger charge is -2.30. The number of benzene rings is 2. The van der Waals surface area contributed by atoms with Gasteiger partial charge in [-0.3, -0.25) is 4.79 Å². The highest BCUT2D eigenvalue weighted by Crippen LogP contribution is 2.27. The lowest BCUT2D eigenvalue weighted by molar-refractivity contribution is -0.147. The van der Waals surface area contributed by atoms with Gasteiger partial charge in [-0.1, -0.05) is 79.9 Å². The maximum Gasteiger partial charge on any atom is 0.408 e. The van der Waals surface area contributed by atoms with E-state index in [1.165, 1.54) is 7.11 Å². The molecule has 1 saturated carbocycles. The summed E-state index contributed by atoms with van der Waals surface area (Å²) in [5.74, 6) is -0.866. The van der Waals surface area contributed by atoms with Crippen LogP contribution in [0.1, 0.15) is 43.2 Å². The van der Waals surface area contributed by atoms with Crippen LogP contribution in [0, 0.1) is 5.92 Å². The molecule has 176 valence electrons. The first kappa shape index (κ1) is 24.3. The first-order valence-electron chi connectivity index (χ1n) is 11.5. The molecule has 2 aromatic carbocycles. The number of methoxy groups -OCH3 is 1. The van der Waals surface area contributed by atoms with Gasteiger partial charge in [-0.05, 0) is 29.9 Å². The lowest BCUT2D eigenvalue weighted by atomic mass is 9.83. The van der Waals surface area contributed by atoms with Crippen molar-refractivity contribution >= 4 is 18.0 Å². The number of rotatable bonds is 9. The van der Waals surface area contributed by atoms with Gasteiger partial charge in [0.05, 0.1) is 7.11 Å². The van der Waals surface area contributed by atoms with Crippen LogP contribution in [-0.2, 0) is 32.1 Å². The molecule has 0 aliphatic heterocycles. The molecule has 0 radical (unpaired) electrons. The number of esters is 1. The van der Waals surface area contributed by atoms with Crippen molar-refractivity contribution in [3.8, 4) is 0 Å². The van der Waals surface area contributed by atoms with Crippen molar-refractivity contribution < 1.29 is 23.9 Å². The second-order valence-corrected chi connectivity index (χ2v) is 8.36. The number of hydrogen-bond donors (Lipinski definition) is 2. The maximum absolute atomic E-state index is 13.2. The van der Waals surface area contributed by atoms with Crippen LogP contribution in [0.3, 0.4) is 0 Å². The molecule has 33 heavy (non-hydrogen) atoms. The summed E-state index contributed by atoms with van der Waals surface area (Å²) in [6.07, 6.45) is 4.46. The summed E-state index contributed by atoms with van der Waals surface area (Å²) in [5, 5.41) is 5.53. The highest BCUT2D eigenvalue weighted by molar-refractivity contribution is 5.90. The van der Waals surface area contributed by atoms with Crippen LogP contribution in [0.5, 0.6) is 0 Å². The molecule has 0 unspecified atom stereocenters. The highest BCUT2D eigenvalue weighted by atomic mass is 16.5. The van der Waals surface area contributed by atoms with Gasteiger partial charge in [0, 0.05) is 6.42 Å². The molecule has 1 aliphatic carbocycles. The van der Waals surface area contributed by atoms with E-state index in [0.29, 0.717) is 0 Å². The first-order chi connectivity index (χ1) is 16.1. The molecule has 1 aliphatic rings. The topological polar surface area (TPSA) is 93.7 Å². The van der Waals surface area contributed by atoms with E-state index in [1.54, 1.807) is 0 Å². The van der Waals surface area contributed by atoms with Gasteiger partial charge < -0.3 is 20.1 Å². The Kier molecular flexibility index (Phi) is 9.30. The van der Waals surface area contributed by atoms with E-state index in [9.17, 15) is 14.4 Å². The quantitative estimate of drug-likeness (QED) is 0.565. The Bertz CT molecular complexity index is 897. The number of alkyl carbamates (subject to hydrolysis) is 1. The molecule has 3 rings (SSSR count). The van der Waals surface area contributed by atoms with E-state index >= 15 is 0 Å². The Morgan fingerprint density at radius 1 is 0.879 bits per heavy atom. The van der Waals surface area contributed by atoms with Gasteiger partial charge >= 0.3 is 12.1 Å². The van der Waals surface area contributed by atoms with Gasteiger partial charge in [0.15, 0.2) is 0 Å². The predicted octanol–water partition coefficient (Wildman–Crippen LogP) is 3.76. The van der Waals surface area contributed by atoms with Gasteiger partial charge in [0.1, 0.15) is 18.7 Å². The summed E-state index contributed by atoms with van der Waals surface area (Å²) >= 11 is 0. The average Bonchev–Trinajstić information content (AvgIpc) is 2.87. The molecule has 1 fully saturated rings. The molecule has 7 nitrogen and oxygen atoms in total. The van der Waals surface area contributed by atoms with Crippen LogP contribution in [0.2, 0.25) is 0 Å². The molecule has 0 saturated heterocycles. The second-order valence-electron chi connectivity index (χ2n) is 8.36. The molecule has 7 heteroatoms. The summed E-state index contributed by atoms with van der Waals surface area (Å²) < 4.78 is 10.3. The summed E-state index contributed by atoms with van der Waals surface area (Å²) in [6, 6.07) is 17.1. The fourth-order valence-corrected chi connectivity index (χ4v) is 4.18. The molecule has 0 heterocycles. The van der Waals surface area contributed by atoms with Gasteiger partial charge in [-0.25, -0.2) is 9.59 Å². The van der Waals surface area contributed by atoms with Gasteiger partial charge in [0.25, 0.3) is 0 Å². The van der Waals surface area contributed by atoms with Crippen LogP contribution in [-0.4, -0.2) is 37.2 Å². The number of amides is 2.